The molecular weight excluding hydrogens is 491 g/mol. The van der Waals surface area contributed by atoms with Crippen molar-refractivity contribution in [2.24, 2.45) is 5.92 Å². The van der Waals surface area contributed by atoms with Crippen LogP contribution < -0.4 is 9.47 Å². The number of ketones is 1. The number of rotatable bonds is 13. The van der Waals surface area contributed by atoms with Crippen molar-refractivity contribution in [2.45, 2.75) is 46.5 Å². The van der Waals surface area contributed by atoms with E-state index < -0.39 is 17.9 Å². The maximum absolute atomic E-state index is 13.1. The molecule has 0 N–H and O–H groups in total. The first-order chi connectivity index (χ1) is 13.9. The standard InChI is InChI=1S/C21H29IO7/c1-5-10-29-21-16(22)11-15(12-17(21)26-4)20(25)14(13-19(24)28-7-3)8-9-18(23)27-6-2/h11-12,14H,5-10,13H2,1-4H3. The first-order valence-electron chi connectivity index (χ1n) is 9.73. The van der Waals surface area contributed by atoms with Crippen molar-refractivity contribution in [3.63, 3.8) is 0 Å². The molecule has 0 saturated heterocycles. The van der Waals surface area contributed by atoms with Crippen LogP contribution in [0.25, 0.3) is 0 Å². The number of methoxy groups -OCH3 is 1. The minimum absolute atomic E-state index is 0.0512. The van der Waals surface area contributed by atoms with Crippen LogP contribution in [0.1, 0.15) is 56.8 Å². The van der Waals surface area contributed by atoms with E-state index in [1.807, 2.05) is 6.92 Å². The zero-order valence-corrected chi connectivity index (χ0v) is 19.6. The molecule has 1 rings (SSSR count). The van der Waals surface area contributed by atoms with Gasteiger partial charge in [-0.25, -0.2) is 0 Å². The molecule has 0 spiro atoms. The van der Waals surface area contributed by atoms with Crippen molar-refractivity contribution >= 4 is 40.3 Å². The van der Waals surface area contributed by atoms with Crippen molar-refractivity contribution in [3.8, 4) is 11.5 Å². The highest BCUT2D eigenvalue weighted by atomic mass is 127. The summed E-state index contributed by atoms with van der Waals surface area (Å²) in [5.41, 5.74) is 0.397. The van der Waals surface area contributed by atoms with Gasteiger partial charge in [-0.15, -0.1) is 0 Å². The Labute approximate surface area is 185 Å². The third kappa shape index (κ3) is 8.20. The van der Waals surface area contributed by atoms with E-state index in [0.29, 0.717) is 23.7 Å². The van der Waals surface area contributed by atoms with Crippen molar-refractivity contribution in [1.29, 1.82) is 0 Å². The lowest BCUT2D eigenvalue weighted by molar-refractivity contribution is -0.146. The molecule has 0 fully saturated rings. The van der Waals surface area contributed by atoms with E-state index in [2.05, 4.69) is 22.6 Å². The fourth-order valence-electron chi connectivity index (χ4n) is 2.71. The zero-order chi connectivity index (χ0) is 21.8. The Hall–Kier alpha value is -1.84. The summed E-state index contributed by atoms with van der Waals surface area (Å²) in [5, 5.41) is 0. The van der Waals surface area contributed by atoms with Crippen LogP contribution in [-0.4, -0.2) is 44.7 Å². The van der Waals surface area contributed by atoms with Gasteiger partial charge in [-0.3, -0.25) is 14.4 Å². The number of carbonyl (C=O) groups is 3. The predicted octanol–water partition coefficient (Wildman–Crippen LogP) is 4.18. The van der Waals surface area contributed by atoms with Gasteiger partial charge < -0.3 is 18.9 Å². The van der Waals surface area contributed by atoms with E-state index in [9.17, 15) is 14.4 Å². The second-order valence-electron chi connectivity index (χ2n) is 6.25. The lowest BCUT2D eigenvalue weighted by Crippen LogP contribution is -2.22. The molecule has 1 aromatic rings. The summed E-state index contributed by atoms with van der Waals surface area (Å²) in [4.78, 5) is 36.9. The van der Waals surface area contributed by atoms with Gasteiger partial charge in [0.05, 0.1) is 36.9 Å². The van der Waals surface area contributed by atoms with Gasteiger partial charge in [-0.1, -0.05) is 6.92 Å². The molecule has 1 aromatic carbocycles. The quantitative estimate of drug-likeness (QED) is 0.219. The summed E-state index contributed by atoms with van der Waals surface area (Å²) in [7, 11) is 1.51. The van der Waals surface area contributed by atoms with E-state index in [-0.39, 0.29) is 38.3 Å². The van der Waals surface area contributed by atoms with Gasteiger partial charge in [0.25, 0.3) is 0 Å². The van der Waals surface area contributed by atoms with Gasteiger partial charge in [0.1, 0.15) is 0 Å². The molecular formula is C21H29IO7. The number of Topliss-reactive ketones (excluding diaryl/α,β-unsaturated/α-hetero) is 1. The van der Waals surface area contributed by atoms with Crippen LogP contribution in [0, 0.1) is 9.49 Å². The molecule has 1 atom stereocenters. The third-order valence-electron chi connectivity index (χ3n) is 4.06. The fourth-order valence-corrected chi connectivity index (χ4v) is 3.47. The molecule has 0 bridgehead atoms. The summed E-state index contributed by atoms with van der Waals surface area (Å²) < 4.78 is 21.8. The van der Waals surface area contributed by atoms with Gasteiger partial charge in [0.2, 0.25) is 0 Å². The Morgan fingerprint density at radius 1 is 1.03 bits per heavy atom. The first kappa shape index (κ1) is 25.2. The Kier molecular flexibility index (Phi) is 11.6. The van der Waals surface area contributed by atoms with Crippen LogP contribution in [0.2, 0.25) is 0 Å². The Morgan fingerprint density at radius 2 is 1.69 bits per heavy atom. The molecule has 0 heterocycles. The predicted molar refractivity (Wildman–Crippen MR) is 116 cm³/mol. The molecule has 0 radical (unpaired) electrons. The minimum Gasteiger partial charge on any atom is -0.493 e. The van der Waals surface area contributed by atoms with E-state index >= 15 is 0 Å². The topological polar surface area (TPSA) is 88.1 Å². The number of halogens is 1. The molecule has 1 unspecified atom stereocenters. The Balaban J connectivity index is 3.10. The lowest BCUT2D eigenvalue weighted by atomic mass is 9.90. The van der Waals surface area contributed by atoms with Gasteiger partial charge in [-0.05, 0) is 61.4 Å². The molecule has 0 saturated carbocycles. The largest absolute Gasteiger partial charge is 0.493 e. The molecule has 0 aliphatic heterocycles. The van der Waals surface area contributed by atoms with Crippen LogP contribution in [-0.2, 0) is 19.1 Å². The smallest absolute Gasteiger partial charge is 0.306 e. The van der Waals surface area contributed by atoms with E-state index in [1.54, 1.807) is 26.0 Å². The highest BCUT2D eigenvalue weighted by Gasteiger charge is 2.26. The molecule has 0 aliphatic rings. The van der Waals surface area contributed by atoms with E-state index in [4.69, 9.17) is 18.9 Å². The Morgan fingerprint density at radius 3 is 2.28 bits per heavy atom. The zero-order valence-electron chi connectivity index (χ0n) is 17.4. The first-order valence-corrected chi connectivity index (χ1v) is 10.8. The molecule has 0 aromatic heterocycles. The molecule has 0 amide bonds. The van der Waals surface area contributed by atoms with Crippen LogP contribution in [0.4, 0.5) is 0 Å². The number of hydrogen-bond donors (Lipinski definition) is 0. The maximum Gasteiger partial charge on any atom is 0.306 e. The summed E-state index contributed by atoms with van der Waals surface area (Å²) in [6.45, 7) is 6.45. The average molecular weight is 520 g/mol. The molecule has 29 heavy (non-hydrogen) atoms. The minimum atomic E-state index is -0.693. The van der Waals surface area contributed by atoms with Crippen molar-refractivity contribution < 1.29 is 33.3 Å². The number of carbonyl (C=O) groups excluding carboxylic acids is 3. The molecule has 7 nitrogen and oxygen atoms in total. The monoisotopic (exact) mass is 520 g/mol. The number of ether oxygens (including phenoxy) is 4. The summed E-state index contributed by atoms with van der Waals surface area (Å²) in [5.74, 6) is -0.778. The molecule has 162 valence electrons. The van der Waals surface area contributed by atoms with Crippen LogP contribution in [0.3, 0.4) is 0 Å². The highest BCUT2D eigenvalue weighted by Crippen LogP contribution is 2.35. The average Bonchev–Trinajstić information content (AvgIpc) is 2.69. The number of benzene rings is 1. The van der Waals surface area contributed by atoms with Gasteiger partial charge in [-0.2, -0.15) is 0 Å². The number of esters is 2. The van der Waals surface area contributed by atoms with Crippen molar-refractivity contribution in [1.82, 2.24) is 0 Å². The van der Waals surface area contributed by atoms with Crippen LogP contribution >= 0.6 is 22.6 Å². The van der Waals surface area contributed by atoms with Gasteiger partial charge in [0.15, 0.2) is 17.3 Å². The van der Waals surface area contributed by atoms with Crippen LogP contribution in [0.15, 0.2) is 12.1 Å². The third-order valence-corrected chi connectivity index (χ3v) is 4.86. The van der Waals surface area contributed by atoms with Gasteiger partial charge in [0, 0.05) is 17.9 Å². The van der Waals surface area contributed by atoms with Crippen LogP contribution in [0.5, 0.6) is 11.5 Å². The van der Waals surface area contributed by atoms with E-state index in [0.717, 1.165) is 9.99 Å². The lowest BCUT2D eigenvalue weighted by Gasteiger charge is -2.17. The SMILES string of the molecule is CCCOc1c(I)cc(C(=O)C(CCC(=O)OCC)CC(=O)OCC)cc1OC. The van der Waals surface area contributed by atoms with E-state index in [1.165, 1.54) is 7.11 Å². The second kappa shape index (κ2) is 13.4. The molecule has 0 aliphatic carbocycles. The molecule has 8 heteroatoms. The summed E-state index contributed by atoms with van der Waals surface area (Å²) in [6, 6.07) is 3.32. The van der Waals surface area contributed by atoms with Crippen molar-refractivity contribution in [2.75, 3.05) is 26.9 Å². The van der Waals surface area contributed by atoms with Crippen molar-refractivity contribution in [3.05, 3.63) is 21.3 Å². The second-order valence-corrected chi connectivity index (χ2v) is 7.41. The highest BCUT2D eigenvalue weighted by molar-refractivity contribution is 14.1. The summed E-state index contributed by atoms with van der Waals surface area (Å²) >= 11 is 2.09. The number of hydrogen-bond acceptors (Lipinski definition) is 7. The van der Waals surface area contributed by atoms with Gasteiger partial charge >= 0.3 is 11.9 Å². The summed E-state index contributed by atoms with van der Waals surface area (Å²) in [6.07, 6.45) is 0.994. The normalized spacial score (nSPS) is 11.5. The maximum atomic E-state index is 13.1. The fraction of sp³-hybridized carbons (Fsp3) is 0.571. The Bertz CT molecular complexity index is 703.